The van der Waals surface area contributed by atoms with Crippen LogP contribution in [0.5, 0.6) is 0 Å². The third-order valence-electron chi connectivity index (χ3n) is 2.62. The zero-order valence-corrected chi connectivity index (χ0v) is 11.0. The third-order valence-corrected chi connectivity index (χ3v) is 3.44. The zero-order valence-electron chi connectivity index (χ0n) is 10.2. The highest BCUT2D eigenvalue weighted by molar-refractivity contribution is 7.09. The molecule has 0 saturated heterocycles. The van der Waals surface area contributed by atoms with Crippen LogP contribution in [0.15, 0.2) is 23.6 Å². The Kier molecular flexibility index (Phi) is 3.62. The first-order valence-electron chi connectivity index (χ1n) is 5.55. The zero-order chi connectivity index (χ0) is 13.1. The van der Waals surface area contributed by atoms with Crippen LogP contribution in [0.25, 0.3) is 0 Å². The van der Waals surface area contributed by atoms with E-state index in [-0.39, 0.29) is 0 Å². The van der Waals surface area contributed by atoms with Crippen molar-refractivity contribution in [2.45, 2.75) is 20.4 Å². The van der Waals surface area contributed by atoms with Crippen LogP contribution < -0.4 is 5.32 Å². The number of nitrogens with zero attached hydrogens (tertiary/aromatic N) is 1. The van der Waals surface area contributed by atoms with E-state index in [1.54, 1.807) is 23.5 Å². The van der Waals surface area contributed by atoms with E-state index in [4.69, 9.17) is 5.11 Å². The van der Waals surface area contributed by atoms with E-state index in [1.165, 1.54) is 0 Å². The second-order valence-corrected chi connectivity index (χ2v) is 5.08. The van der Waals surface area contributed by atoms with Crippen LogP contribution in [0.1, 0.15) is 26.6 Å². The lowest BCUT2D eigenvalue weighted by Gasteiger charge is -2.11. The standard InChI is InChI=1S/C13H14N2O2S/c1-8-4-3-5-11(13(16)17)12(8)14-6-10-7-18-9(2)15-10/h3-5,7,14H,6H2,1-2H3,(H,16,17). The number of carboxylic acids is 1. The number of rotatable bonds is 4. The number of aromatic nitrogens is 1. The number of hydrogen-bond acceptors (Lipinski definition) is 4. The fourth-order valence-corrected chi connectivity index (χ4v) is 2.36. The molecule has 0 unspecified atom stereocenters. The number of aromatic carboxylic acids is 1. The summed E-state index contributed by atoms with van der Waals surface area (Å²) in [6.07, 6.45) is 0. The monoisotopic (exact) mass is 262 g/mol. The van der Waals surface area contributed by atoms with Crippen molar-refractivity contribution in [1.82, 2.24) is 4.98 Å². The number of benzene rings is 1. The molecule has 5 heteroatoms. The molecule has 1 heterocycles. The second kappa shape index (κ2) is 5.18. The number of para-hydroxylation sites is 1. The molecule has 2 aromatic rings. The molecule has 0 atom stereocenters. The van der Waals surface area contributed by atoms with E-state index in [0.717, 1.165) is 16.3 Å². The normalized spacial score (nSPS) is 10.3. The molecule has 0 aliphatic rings. The number of aryl methyl sites for hydroxylation is 2. The van der Waals surface area contributed by atoms with Crippen LogP contribution in [0.2, 0.25) is 0 Å². The average molecular weight is 262 g/mol. The SMILES string of the molecule is Cc1nc(CNc2c(C)cccc2C(=O)O)cs1. The van der Waals surface area contributed by atoms with E-state index in [1.807, 2.05) is 25.3 Å². The summed E-state index contributed by atoms with van der Waals surface area (Å²) in [5.74, 6) is -0.921. The summed E-state index contributed by atoms with van der Waals surface area (Å²) in [6.45, 7) is 4.38. The van der Waals surface area contributed by atoms with Gasteiger partial charge in [-0.2, -0.15) is 0 Å². The molecule has 18 heavy (non-hydrogen) atoms. The van der Waals surface area contributed by atoms with Gasteiger partial charge in [0.15, 0.2) is 0 Å². The summed E-state index contributed by atoms with van der Waals surface area (Å²) >= 11 is 1.59. The summed E-state index contributed by atoms with van der Waals surface area (Å²) in [6, 6.07) is 5.24. The van der Waals surface area contributed by atoms with Gasteiger partial charge in [0.05, 0.1) is 28.5 Å². The Morgan fingerprint density at radius 3 is 2.83 bits per heavy atom. The van der Waals surface area contributed by atoms with Gasteiger partial charge in [0.25, 0.3) is 0 Å². The van der Waals surface area contributed by atoms with Crippen molar-refractivity contribution < 1.29 is 9.90 Å². The quantitative estimate of drug-likeness (QED) is 0.889. The Labute approximate surface area is 109 Å². The maximum absolute atomic E-state index is 11.1. The van der Waals surface area contributed by atoms with E-state index < -0.39 is 5.97 Å². The van der Waals surface area contributed by atoms with Crippen LogP contribution in [0.3, 0.4) is 0 Å². The average Bonchev–Trinajstić information content (AvgIpc) is 2.73. The molecule has 0 fully saturated rings. The summed E-state index contributed by atoms with van der Waals surface area (Å²) in [7, 11) is 0. The highest BCUT2D eigenvalue weighted by atomic mass is 32.1. The number of carbonyl (C=O) groups is 1. The molecular weight excluding hydrogens is 248 g/mol. The molecule has 2 rings (SSSR count). The number of anilines is 1. The molecule has 4 nitrogen and oxygen atoms in total. The van der Waals surface area contributed by atoms with E-state index in [2.05, 4.69) is 10.3 Å². The smallest absolute Gasteiger partial charge is 0.337 e. The Morgan fingerprint density at radius 2 is 2.22 bits per heavy atom. The lowest BCUT2D eigenvalue weighted by Crippen LogP contribution is -2.08. The molecule has 0 amide bonds. The van der Waals surface area contributed by atoms with Crippen molar-refractivity contribution in [3.05, 3.63) is 45.4 Å². The van der Waals surface area contributed by atoms with Crippen molar-refractivity contribution in [3.63, 3.8) is 0 Å². The molecule has 1 aromatic carbocycles. The Bertz CT molecular complexity index is 578. The maximum Gasteiger partial charge on any atom is 0.337 e. The topological polar surface area (TPSA) is 62.2 Å². The number of carboxylic acid groups (broad SMARTS) is 1. The third kappa shape index (κ3) is 2.68. The summed E-state index contributed by atoms with van der Waals surface area (Å²) in [5, 5.41) is 15.3. The molecule has 0 radical (unpaired) electrons. The first kappa shape index (κ1) is 12.6. The van der Waals surface area contributed by atoms with Crippen molar-refractivity contribution in [2.75, 3.05) is 5.32 Å². The van der Waals surface area contributed by atoms with E-state index >= 15 is 0 Å². The Balaban J connectivity index is 2.20. The number of nitrogens with one attached hydrogen (secondary N) is 1. The number of thiazole rings is 1. The van der Waals surface area contributed by atoms with Crippen molar-refractivity contribution in [3.8, 4) is 0 Å². The molecule has 0 aliphatic carbocycles. The molecule has 0 bridgehead atoms. The predicted molar refractivity (Wildman–Crippen MR) is 72.3 cm³/mol. The van der Waals surface area contributed by atoms with Crippen molar-refractivity contribution in [1.29, 1.82) is 0 Å². The molecule has 1 aromatic heterocycles. The molecule has 0 saturated carbocycles. The summed E-state index contributed by atoms with van der Waals surface area (Å²) in [5.41, 5.74) is 2.80. The van der Waals surface area contributed by atoms with Gasteiger partial charge in [-0.15, -0.1) is 11.3 Å². The van der Waals surface area contributed by atoms with Crippen LogP contribution >= 0.6 is 11.3 Å². The second-order valence-electron chi connectivity index (χ2n) is 4.01. The van der Waals surface area contributed by atoms with Crippen LogP contribution in [0.4, 0.5) is 5.69 Å². The highest BCUT2D eigenvalue weighted by Crippen LogP contribution is 2.21. The largest absolute Gasteiger partial charge is 0.478 e. The predicted octanol–water partition coefficient (Wildman–Crippen LogP) is 3.07. The van der Waals surface area contributed by atoms with E-state index in [9.17, 15) is 4.79 Å². The maximum atomic E-state index is 11.1. The molecule has 0 spiro atoms. The Morgan fingerprint density at radius 1 is 1.44 bits per heavy atom. The van der Waals surface area contributed by atoms with E-state index in [0.29, 0.717) is 17.8 Å². The summed E-state index contributed by atoms with van der Waals surface area (Å²) < 4.78 is 0. The minimum absolute atomic E-state index is 0.293. The minimum atomic E-state index is -0.921. The van der Waals surface area contributed by atoms with Gasteiger partial charge < -0.3 is 10.4 Å². The van der Waals surface area contributed by atoms with Gasteiger partial charge in [-0.05, 0) is 25.5 Å². The first-order chi connectivity index (χ1) is 8.58. The molecule has 94 valence electrons. The highest BCUT2D eigenvalue weighted by Gasteiger charge is 2.11. The van der Waals surface area contributed by atoms with Gasteiger partial charge in [-0.25, -0.2) is 9.78 Å². The van der Waals surface area contributed by atoms with Crippen molar-refractivity contribution >= 4 is 23.0 Å². The lowest BCUT2D eigenvalue weighted by atomic mass is 10.1. The van der Waals surface area contributed by atoms with Gasteiger partial charge >= 0.3 is 5.97 Å². The summed E-state index contributed by atoms with van der Waals surface area (Å²) in [4.78, 5) is 15.5. The van der Waals surface area contributed by atoms with Crippen molar-refractivity contribution in [2.24, 2.45) is 0 Å². The number of hydrogen-bond donors (Lipinski definition) is 2. The fraction of sp³-hybridized carbons (Fsp3) is 0.231. The molecule has 2 N–H and O–H groups in total. The van der Waals surface area contributed by atoms with Gasteiger partial charge in [-0.1, -0.05) is 12.1 Å². The first-order valence-corrected chi connectivity index (χ1v) is 6.43. The molecular formula is C13H14N2O2S. The van der Waals surface area contributed by atoms with Crippen LogP contribution in [-0.4, -0.2) is 16.1 Å². The van der Waals surface area contributed by atoms with Gasteiger partial charge in [0.2, 0.25) is 0 Å². The Hall–Kier alpha value is -1.88. The van der Waals surface area contributed by atoms with Crippen LogP contribution in [0, 0.1) is 13.8 Å². The minimum Gasteiger partial charge on any atom is -0.478 e. The van der Waals surface area contributed by atoms with Crippen LogP contribution in [-0.2, 0) is 6.54 Å². The van der Waals surface area contributed by atoms with Gasteiger partial charge in [0.1, 0.15) is 0 Å². The fourth-order valence-electron chi connectivity index (χ4n) is 1.75. The van der Waals surface area contributed by atoms with Gasteiger partial charge in [0, 0.05) is 5.38 Å². The molecule has 0 aliphatic heterocycles. The van der Waals surface area contributed by atoms with Gasteiger partial charge in [-0.3, -0.25) is 0 Å². The lowest BCUT2D eigenvalue weighted by molar-refractivity contribution is 0.0698.